The Hall–Kier alpha value is -1.95. The summed E-state index contributed by atoms with van der Waals surface area (Å²) in [5.41, 5.74) is 2.27. The predicted molar refractivity (Wildman–Crippen MR) is 70.8 cm³/mol. The molecule has 3 rings (SSSR count). The zero-order valence-electron chi connectivity index (χ0n) is 9.88. The maximum absolute atomic E-state index is 4.93. The summed E-state index contributed by atoms with van der Waals surface area (Å²) in [6.45, 7) is 2.81. The predicted octanol–water partition coefficient (Wildman–Crippen LogP) is 2.64. The van der Waals surface area contributed by atoms with Crippen molar-refractivity contribution in [2.45, 2.75) is 13.3 Å². The lowest BCUT2D eigenvalue weighted by Gasteiger charge is -1.97. The lowest BCUT2D eigenvalue weighted by molar-refractivity contribution is 0.380. The quantitative estimate of drug-likeness (QED) is 0.781. The van der Waals surface area contributed by atoms with E-state index in [0.29, 0.717) is 12.3 Å². The summed E-state index contributed by atoms with van der Waals surface area (Å²) in [4.78, 5) is 8.54. The Balaban J connectivity index is 1.69. The molecule has 0 unspecified atom stereocenters. The third kappa shape index (κ3) is 2.19. The second-order valence-corrected chi connectivity index (χ2v) is 4.98. The smallest absolute Gasteiger partial charge is 0.228 e. The molecule has 0 saturated heterocycles. The second-order valence-electron chi connectivity index (χ2n) is 3.95. The number of para-hydroxylation sites is 1. The Morgan fingerprint density at radius 3 is 3.11 bits per heavy atom. The average molecular weight is 260 g/mol. The molecule has 92 valence electrons. The molecule has 0 fully saturated rings. The van der Waals surface area contributed by atoms with Crippen molar-refractivity contribution in [1.82, 2.24) is 15.1 Å². The number of nitrogens with one attached hydrogen (secondary N) is 1. The van der Waals surface area contributed by atoms with Crippen molar-refractivity contribution in [3.05, 3.63) is 36.0 Å². The molecular weight excluding hydrogens is 248 g/mol. The molecule has 0 aliphatic rings. The van der Waals surface area contributed by atoms with E-state index in [4.69, 9.17) is 4.52 Å². The van der Waals surface area contributed by atoms with Crippen LogP contribution in [0.1, 0.15) is 11.5 Å². The van der Waals surface area contributed by atoms with Gasteiger partial charge in [0.25, 0.3) is 0 Å². The summed E-state index contributed by atoms with van der Waals surface area (Å²) >= 11 is 1.66. The molecule has 1 N–H and O–H groups in total. The van der Waals surface area contributed by atoms with Crippen LogP contribution in [0.2, 0.25) is 0 Å². The Kier molecular flexibility index (Phi) is 2.93. The van der Waals surface area contributed by atoms with Gasteiger partial charge in [-0.15, -0.1) is 0 Å². The van der Waals surface area contributed by atoms with Crippen LogP contribution < -0.4 is 5.32 Å². The van der Waals surface area contributed by atoms with E-state index in [0.717, 1.165) is 17.2 Å². The second kappa shape index (κ2) is 4.73. The summed E-state index contributed by atoms with van der Waals surface area (Å²) in [6.07, 6.45) is 2.12. The fraction of sp³-hybridized carbons (Fsp3) is 0.250. The van der Waals surface area contributed by atoms with Crippen LogP contribution in [0.25, 0.3) is 10.2 Å². The molecule has 0 amide bonds. The van der Waals surface area contributed by atoms with Gasteiger partial charge in [-0.25, -0.2) is 4.98 Å². The fourth-order valence-corrected chi connectivity index (χ4v) is 2.71. The van der Waals surface area contributed by atoms with Crippen LogP contribution in [0.15, 0.2) is 29.0 Å². The number of benzene rings is 1. The van der Waals surface area contributed by atoms with Crippen molar-refractivity contribution in [1.29, 1.82) is 0 Å². The third-order valence-electron chi connectivity index (χ3n) is 2.64. The molecule has 6 heteroatoms. The Morgan fingerprint density at radius 1 is 1.39 bits per heavy atom. The molecule has 2 heterocycles. The van der Waals surface area contributed by atoms with Gasteiger partial charge in [0.2, 0.25) is 5.89 Å². The zero-order chi connectivity index (χ0) is 12.4. The number of anilines is 1. The van der Waals surface area contributed by atoms with E-state index in [1.807, 2.05) is 0 Å². The Morgan fingerprint density at radius 2 is 2.33 bits per heavy atom. The molecule has 0 spiro atoms. The van der Waals surface area contributed by atoms with Gasteiger partial charge in [-0.05, 0) is 18.6 Å². The minimum atomic E-state index is 0.639. The number of fused-ring (bicyclic) bond motifs is 1. The van der Waals surface area contributed by atoms with Crippen molar-refractivity contribution in [2.75, 3.05) is 11.9 Å². The van der Waals surface area contributed by atoms with E-state index < -0.39 is 0 Å². The van der Waals surface area contributed by atoms with Crippen LogP contribution in [-0.2, 0) is 6.42 Å². The van der Waals surface area contributed by atoms with Crippen molar-refractivity contribution >= 4 is 26.7 Å². The first-order chi connectivity index (χ1) is 8.83. The van der Waals surface area contributed by atoms with E-state index in [-0.39, 0.29) is 0 Å². The monoisotopic (exact) mass is 260 g/mol. The van der Waals surface area contributed by atoms with Gasteiger partial charge in [-0.3, -0.25) is 0 Å². The van der Waals surface area contributed by atoms with Gasteiger partial charge in [-0.1, -0.05) is 28.6 Å². The molecule has 0 bridgehead atoms. The molecule has 18 heavy (non-hydrogen) atoms. The fourth-order valence-electron chi connectivity index (χ4n) is 1.74. The summed E-state index contributed by atoms with van der Waals surface area (Å²) in [7, 11) is 0. The molecule has 0 radical (unpaired) electrons. The molecule has 5 nitrogen and oxygen atoms in total. The van der Waals surface area contributed by atoms with Crippen molar-refractivity contribution in [3.8, 4) is 0 Å². The average Bonchev–Trinajstić information content (AvgIpc) is 2.98. The SMILES string of the molecule is Cc1cccc2sc(NCCc3ncno3)nc12. The van der Waals surface area contributed by atoms with Gasteiger partial charge in [0.15, 0.2) is 11.5 Å². The van der Waals surface area contributed by atoms with Gasteiger partial charge in [0, 0.05) is 13.0 Å². The number of aryl methyl sites for hydroxylation is 1. The highest BCUT2D eigenvalue weighted by Crippen LogP contribution is 2.27. The molecule has 0 aliphatic heterocycles. The van der Waals surface area contributed by atoms with Crippen LogP contribution in [0.4, 0.5) is 5.13 Å². The number of aromatic nitrogens is 3. The zero-order valence-corrected chi connectivity index (χ0v) is 10.7. The van der Waals surface area contributed by atoms with Crippen molar-refractivity contribution in [2.24, 2.45) is 0 Å². The Bertz CT molecular complexity index is 647. The first kappa shape index (κ1) is 11.2. The van der Waals surface area contributed by atoms with Crippen molar-refractivity contribution in [3.63, 3.8) is 0 Å². The number of rotatable bonds is 4. The lowest BCUT2D eigenvalue weighted by atomic mass is 10.2. The molecular formula is C12H12N4OS. The summed E-state index contributed by atoms with van der Waals surface area (Å²) in [5.74, 6) is 0.639. The van der Waals surface area contributed by atoms with E-state index >= 15 is 0 Å². The number of hydrogen-bond acceptors (Lipinski definition) is 6. The normalized spacial score (nSPS) is 10.9. The van der Waals surface area contributed by atoms with Gasteiger partial charge in [0.05, 0.1) is 10.2 Å². The van der Waals surface area contributed by atoms with Gasteiger partial charge in [-0.2, -0.15) is 4.98 Å². The summed E-state index contributed by atoms with van der Waals surface area (Å²) in [6, 6.07) is 6.21. The maximum atomic E-state index is 4.93. The highest BCUT2D eigenvalue weighted by Gasteiger charge is 2.05. The van der Waals surface area contributed by atoms with Gasteiger partial charge < -0.3 is 9.84 Å². The number of thiazole rings is 1. The Labute approximate surface area is 108 Å². The standard InChI is InChI=1S/C12H12N4OS/c1-8-3-2-4-9-11(8)16-12(18-9)13-6-5-10-14-7-15-17-10/h2-4,7H,5-6H2,1H3,(H,13,16). The molecule has 0 saturated carbocycles. The molecule has 3 aromatic rings. The molecule has 2 aromatic heterocycles. The number of nitrogens with zero attached hydrogens (tertiary/aromatic N) is 3. The van der Waals surface area contributed by atoms with Crippen LogP contribution in [0.3, 0.4) is 0 Å². The molecule has 0 atom stereocenters. The molecule has 0 aliphatic carbocycles. The van der Waals surface area contributed by atoms with E-state index in [2.05, 4.69) is 45.6 Å². The summed E-state index contributed by atoms with van der Waals surface area (Å²) in [5, 5.41) is 7.78. The van der Waals surface area contributed by atoms with E-state index in [1.165, 1.54) is 16.6 Å². The van der Waals surface area contributed by atoms with Gasteiger partial charge in [0.1, 0.15) is 0 Å². The van der Waals surface area contributed by atoms with Crippen molar-refractivity contribution < 1.29 is 4.52 Å². The largest absolute Gasteiger partial charge is 0.361 e. The lowest BCUT2D eigenvalue weighted by Crippen LogP contribution is -2.04. The van der Waals surface area contributed by atoms with Crippen LogP contribution >= 0.6 is 11.3 Å². The minimum Gasteiger partial charge on any atom is -0.361 e. The van der Waals surface area contributed by atoms with Gasteiger partial charge >= 0.3 is 0 Å². The van der Waals surface area contributed by atoms with Crippen LogP contribution in [0.5, 0.6) is 0 Å². The summed E-state index contributed by atoms with van der Waals surface area (Å²) < 4.78 is 6.14. The number of hydrogen-bond donors (Lipinski definition) is 1. The van der Waals surface area contributed by atoms with Crippen LogP contribution in [-0.4, -0.2) is 21.7 Å². The topological polar surface area (TPSA) is 63.8 Å². The van der Waals surface area contributed by atoms with E-state index in [1.54, 1.807) is 11.3 Å². The third-order valence-corrected chi connectivity index (χ3v) is 3.62. The first-order valence-corrected chi connectivity index (χ1v) is 6.50. The highest BCUT2D eigenvalue weighted by atomic mass is 32.1. The van der Waals surface area contributed by atoms with Crippen LogP contribution in [0, 0.1) is 6.92 Å². The minimum absolute atomic E-state index is 0.639. The molecule has 1 aromatic carbocycles. The highest BCUT2D eigenvalue weighted by molar-refractivity contribution is 7.22. The van der Waals surface area contributed by atoms with E-state index in [9.17, 15) is 0 Å². The maximum Gasteiger partial charge on any atom is 0.228 e. The first-order valence-electron chi connectivity index (χ1n) is 5.68.